The highest BCUT2D eigenvalue weighted by atomic mass is 35.5. The Balaban J connectivity index is 2.16. The molecule has 0 radical (unpaired) electrons. The van der Waals surface area contributed by atoms with Gasteiger partial charge in [-0.25, -0.2) is 0 Å². The van der Waals surface area contributed by atoms with Gasteiger partial charge in [0, 0.05) is 11.8 Å². The average Bonchev–Trinajstić information content (AvgIpc) is 2.58. The van der Waals surface area contributed by atoms with Crippen LogP contribution in [0.5, 0.6) is 0 Å². The van der Waals surface area contributed by atoms with Crippen LogP contribution in [0.25, 0.3) is 0 Å². The van der Waals surface area contributed by atoms with Crippen LogP contribution >= 0.6 is 34.7 Å². The summed E-state index contributed by atoms with van der Waals surface area (Å²) in [4.78, 5) is 1.27. The van der Waals surface area contributed by atoms with Gasteiger partial charge in [-0.05, 0) is 18.4 Å². The first-order valence-corrected chi connectivity index (χ1v) is 6.18. The summed E-state index contributed by atoms with van der Waals surface area (Å²) in [6.07, 6.45) is 0. The lowest BCUT2D eigenvalue weighted by molar-refractivity contribution is 0.623. The first-order valence-electron chi connectivity index (χ1n) is 3.88. The molecule has 4 heteroatoms. The van der Waals surface area contributed by atoms with Crippen molar-refractivity contribution >= 4 is 34.7 Å². The Morgan fingerprint density at radius 2 is 2.50 bits per heavy atom. The number of hydrogen-bond donors (Lipinski definition) is 1. The third-order valence-corrected chi connectivity index (χ3v) is 4.80. The van der Waals surface area contributed by atoms with Crippen molar-refractivity contribution < 1.29 is 0 Å². The molecular weight excluding hydrogens is 210 g/mol. The molecule has 2 unspecified atom stereocenters. The maximum Gasteiger partial charge on any atom is 0.0900 e. The molecule has 0 aromatic carbocycles. The van der Waals surface area contributed by atoms with E-state index in [0.29, 0.717) is 11.4 Å². The van der Waals surface area contributed by atoms with Crippen molar-refractivity contribution in [1.82, 2.24) is 5.32 Å². The van der Waals surface area contributed by atoms with Crippen molar-refractivity contribution in [3.8, 4) is 0 Å². The van der Waals surface area contributed by atoms with E-state index >= 15 is 0 Å². The molecular formula is C8H10ClNS2. The second-order valence-electron chi connectivity index (χ2n) is 2.91. The largest absolute Gasteiger partial charge is 0.298 e. The summed E-state index contributed by atoms with van der Waals surface area (Å²) >= 11 is 9.70. The van der Waals surface area contributed by atoms with Gasteiger partial charge in [0.15, 0.2) is 0 Å². The Kier molecular flexibility index (Phi) is 2.65. The predicted molar refractivity (Wildman–Crippen MR) is 57.1 cm³/mol. The molecule has 0 amide bonds. The zero-order valence-electron chi connectivity index (χ0n) is 6.71. The van der Waals surface area contributed by atoms with Crippen molar-refractivity contribution in [2.75, 3.05) is 5.75 Å². The Morgan fingerprint density at radius 3 is 3.00 bits per heavy atom. The summed E-state index contributed by atoms with van der Waals surface area (Å²) in [5.74, 6) is 1.18. The molecule has 2 rings (SSSR count). The van der Waals surface area contributed by atoms with Crippen LogP contribution in [0.3, 0.4) is 0 Å². The number of hydrogen-bond acceptors (Lipinski definition) is 3. The molecule has 1 fully saturated rings. The second-order valence-corrected chi connectivity index (χ2v) is 5.41. The minimum atomic E-state index is 0.424. The number of thiophene rings is 1. The SMILES string of the molecule is CC1CSC(c2sccc2Cl)N1. The first kappa shape index (κ1) is 8.88. The first-order chi connectivity index (χ1) is 5.77. The second kappa shape index (κ2) is 3.58. The van der Waals surface area contributed by atoms with Crippen LogP contribution < -0.4 is 5.32 Å². The summed E-state index contributed by atoms with van der Waals surface area (Å²) in [5.41, 5.74) is 0. The van der Waals surface area contributed by atoms with Crippen molar-refractivity contribution in [2.45, 2.75) is 18.3 Å². The normalized spacial score (nSPS) is 29.5. The fraction of sp³-hybridized carbons (Fsp3) is 0.500. The van der Waals surface area contributed by atoms with Gasteiger partial charge in [-0.1, -0.05) is 11.6 Å². The van der Waals surface area contributed by atoms with Crippen LogP contribution in [0, 0.1) is 0 Å². The maximum atomic E-state index is 6.02. The van der Waals surface area contributed by atoms with Gasteiger partial charge < -0.3 is 0 Å². The van der Waals surface area contributed by atoms with Gasteiger partial charge in [-0.3, -0.25) is 5.32 Å². The monoisotopic (exact) mass is 219 g/mol. The number of thioether (sulfide) groups is 1. The molecule has 0 saturated carbocycles. The van der Waals surface area contributed by atoms with E-state index in [0.717, 1.165) is 5.02 Å². The van der Waals surface area contributed by atoms with E-state index in [9.17, 15) is 0 Å². The van der Waals surface area contributed by atoms with E-state index in [-0.39, 0.29) is 0 Å². The number of halogens is 1. The molecule has 2 heterocycles. The van der Waals surface area contributed by atoms with Gasteiger partial charge >= 0.3 is 0 Å². The van der Waals surface area contributed by atoms with E-state index < -0.39 is 0 Å². The Morgan fingerprint density at radius 1 is 1.67 bits per heavy atom. The van der Waals surface area contributed by atoms with Crippen LogP contribution in [0.1, 0.15) is 17.2 Å². The molecule has 0 spiro atoms. The van der Waals surface area contributed by atoms with E-state index in [1.165, 1.54) is 10.6 Å². The molecule has 1 nitrogen and oxygen atoms in total. The minimum Gasteiger partial charge on any atom is -0.298 e. The van der Waals surface area contributed by atoms with E-state index in [1.54, 1.807) is 11.3 Å². The van der Waals surface area contributed by atoms with E-state index in [4.69, 9.17) is 11.6 Å². The van der Waals surface area contributed by atoms with Crippen molar-refractivity contribution in [3.05, 3.63) is 21.3 Å². The highest BCUT2D eigenvalue weighted by molar-refractivity contribution is 7.99. The zero-order valence-corrected chi connectivity index (χ0v) is 9.10. The van der Waals surface area contributed by atoms with Crippen LogP contribution in [-0.4, -0.2) is 11.8 Å². The number of rotatable bonds is 1. The van der Waals surface area contributed by atoms with Gasteiger partial charge in [0.25, 0.3) is 0 Å². The summed E-state index contributed by atoms with van der Waals surface area (Å²) in [6, 6.07) is 2.57. The molecule has 1 aliphatic rings. The molecule has 1 saturated heterocycles. The van der Waals surface area contributed by atoms with Crippen molar-refractivity contribution in [1.29, 1.82) is 0 Å². The summed E-state index contributed by atoms with van der Waals surface area (Å²) < 4.78 is 0. The highest BCUT2D eigenvalue weighted by Crippen LogP contribution is 2.39. The van der Waals surface area contributed by atoms with Crippen LogP contribution in [0.2, 0.25) is 5.02 Å². The van der Waals surface area contributed by atoms with E-state index in [1.807, 2.05) is 23.2 Å². The highest BCUT2D eigenvalue weighted by Gasteiger charge is 2.24. The molecule has 0 bridgehead atoms. The quantitative estimate of drug-likeness (QED) is 0.779. The third kappa shape index (κ3) is 1.64. The lowest BCUT2D eigenvalue weighted by Gasteiger charge is -2.08. The molecule has 66 valence electrons. The molecule has 12 heavy (non-hydrogen) atoms. The fourth-order valence-electron chi connectivity index (χ4n) is 1.24. The van der Waals surface area contributed by atoms with Gasteiger partial charge in [0.2, 0.25) is 0 Å². The Labute approximate surface area is 85.5 Å². The van der Waals surface area contributed by atoms with Gasteiger partial charge in [0.1, 0.15) is 0 Å². The molecule has 2 atom stereocenters. The summed E-state index contributed by atoms with van der Waals surface area (Å²) in [7, 11) is 0. The van der Waals surface area contributed by atoms with Crippen LogP contribution in [0.15, 0.2) is 11.4 Å². The van der Waals surface area contributed by atoms with Crippen LogP contribution in [-0.2, 0) is 0 Å². The zero-order chi connectivity index (χ0) is 8.55. The minimum absolute atomic E-state index is 0.424. The van der Waals surface area contributed by atoms with Crippen molar-refractivity contribution in [3.63, 3.8) is 0 Å². The smallest absolute Gasteiger partial charge is 0.0900 e. The lowest BCUT2D eigenvalue weighted by atomic mass is 10.4. The van der Waals surface area contributed by atoms with Crippen molar-refractivity contribution in [2.24, 2.45) is 0 Å². The third-order valence-electron chi connectivity index (χ3n) is 1.83. The standard InChI is InChI=1S/C8H10ClNS2/c1-5-4-12-8(10-5)7-6(9)2-3-11-7/h2-3,5,8,10H,4H2,1H3. The number of nitrogens with one attached hydrogen (secondary N) is 1. The molecule has 1 aliphatic heterocycles. The Bertz CT molecular complexity index is 274. The van der Waals surface area contributed by atoms with Gasteiger partial charge in [-0.15, -0.1) is 23.1 Å². The van der Waals surface area contributed by atoms with Gasteiger partial charge in [-0.2, -0.15) is 0 Å². The molecule has 0 aliphatic carbocycles. The topological polar surface area (TPSA) is 12.0 Å². The average molecular weight is 220 g/mol. The predicted octanol–water partition coefficient (Wildman–Crippen LogP) is 3.13. The summed E-state index contributed by atoms with van der Waals surface area (Å²) in [6.45, 7) is 2.20. The molecule has 1 N–H and O–H groups in total. The Hall–Kier alpha value is 0.300. The van der Waals surface area contributed by atoms with Gasteiger partial charge in [0.05, 0.1) is 15.3 Å². The lowest BCUT2D eigenvalue weighted by Crippen LogP contribution is -2.21. The maximum absolute atomic E-state index is 6.02. The molecule has 1 aromatic heterocycles. The molecule has 1 aromatic rings. The fourth-order valence-corrected chi connectivity index (χ4v) is 3.96. The van der Waals surface area contributed by atoms with E-state index in [2.05, 4.69) is 12.2 Å². The summed E-state index contributed by atoms with van der Waals surface area (Å²) in [5, 5.41) is 6.86. The van der Waals surface area contributed by atoms with Crippen LogP contribution in [0.4, 0.5) is 0 Å².